The Balaban J connectivity index is 1.85. The number of rotatable bonds is 6. The van der Waals surface area contributed by atoms with Crippen LogP contribution in [-0.4, -0.2) is 24.7 Å². The summed E-state index contributed by atoms with van der Waals surface area (Å²) in [6.07, 6.45) is 3.32. The zero-order valence-electron chi connectivity index (χ0n) is 17.6. The van der Waals surface area contributed by atoms with Crippen molar-refractivity contribution in [3.8, 4) is 0 Å². The molecule has 2 aliphatic rings. The van der Waals surface area contributed by atoms with Crippen molar-refractivity contribution in [3.63, 3.8) is 0 Å². The second-order valence-corrected chi connectivity index (χ2v) is 8.39. The molecule has 0 aromatic heterocycles. The summed E-state index contributed by atoms with van der Waals surface area (Å²) in [4.78, 5) is 12.5. The first-order valence-electron chi connectivity index (χ1n) is 10.4. The highest BCUT2D eigenvalue weighted by atomic mass is 35.5. The van der Waals surface area contributed by atoms with Crippen molar-refractivity contribution in [1.82, 2.24) is 5.53 Å². The van der Waals surface area contributed by atoms with Gasteiger partial charge in [-0.05, 0) is 72.6 Å². The average molecular weight is 430 g/mol. The molecule has 160 valence electrons. The van der Waals surface area contributed by atoms with Crippen LogP contribution < -0.4 is 16.0 Å². The molecule has 0 amide bonds. The van der Waals surface area contributed by atoms with E-state index >= 15 is 0 Å². The fourth-order valence-corrected chi connectivity index (χ4v) is 5.09. The minimum absolute atomic E-state index is 0.00248. The molecule has 1 aliphatic carbocycles. The lowest BCUT2D eigenvalue weighted by molar-refractivity contribution is -0.143. The average Bonchev–Trinajstić information content (AvgIpc) is 3.35. The third kappa shape index (κ3) is 3.64. The molecule has 6 nitrogen and oxygen atoms in total. The van der Waals surface area contributed by atoms with Gasteiger partial charge in [-0.3, -0.25) is 9.80 Å². The van der Waals surface area contributed by atoms with E-state index in [1.54, 1.807) is 0 Å². The number of aliphatic hydroxyl groups excluding tert-OH is 1. The molecule has 0 spiro atoms. The fourth-order valence-electron chi connectivity index (χ4n) is 4.75. The molecule has 0 saturated heterocycles. The van der Waals surface area contributed by atoms with Crippen LogP contribution in [0.5, 0.6) is 0 Å². The topological polar surface area (TPSA) is 73.8 Å². The summed E-state index contributed by atoms with van der Waals surface area (Å²) in [5, 5.41) is 12.4. The summed E-state index contributed by atoms with van der Waals surface area (Å²) in [6.45, 7) is 4.20. The Bertz CT molecular complexity index is 992. The van der Waals surface area contributed by atoms with Crippen molar-refractivity contribution >= 4 is 28.9 Å². The number of hydrogen-bond donors (Lipinski definition) is 3. The van der Waals surface area contributed by atoms with Crippen LogP contribution in [0.3, 0.4) is 0 Å². The Morgan fingerprint density at radius 2 is 2.13 bits per heavy atom. The molecular weight excluding hydrogens is 402 g/mol. The van der Waals surface area contributed by atoms with E-state index in [9.17, 15) is 9.90 Å². The lowest BCUT2D eigenvalue weighted by Crippen LogP contribution is -2.31. The van der Waals surface area contributed by atoms with Crippen molar-refractivity contribution in [1.29, 1.82) is 0 Å². The van der Waals surface area contributed by atoms with Gasteiger partial charge in [-0.2, -0.15) is 0 Å². The number of halogens is 1. The quantitative estimate of drug-likeness (QED) is 0.603. The third-order valence-electron chi connectivity index (χ3n) is 6.19. The highest BCUT2D eigenvalue weighted by molar-refractivity contribution is 6.34. The summed E-state index contributed by atoms with van der Waals surface area (Å²) >= 11 is 6.65. The van der Waals surface area contributed by atoms with E-state index in [0.717, 1.165) is 52.9 Å². The number of ether oxygens (including phenoxy) is 1. The van der Waals surface area contributed by atoms with Crippen LogP contribution in [0.4, 0.5) is 11.4 Å². The van der Waals surface area contributed by atoms with Crippen molar-refractivity contribution in [2.24, 2.45) is 0 Å². The maximum Gasteiger partial charge on any atom is 0.306 e. The zero-order chi connectivity index (χ0) is 21.4. The molecule has 1 aliphatic heterocycles. The molecule has 1 unspecified atom stereocenters. The summed E-state index contributed by atoms with van der Waals surface area (Å²) in [6, 6.07) is 6.20. The van der Waals surface area contributed by atoms with Gasteiger partial charge in [0.05, 0.1) is 36.0 Å². The number of aliphatic hydroxyl groups is 1. The largest absolute Gasteiger partial charge is 0.466 e. The highest BCUT2D eigenvalue weighted by Gasteiger charge is 2.29. The Morgan fingerprint density at radius 3 is 2.87 bits per heavy atom. The number of esters is 1. The summed E-state index contributed by atoms with van der Waals surface area (Å²) < 4.78 is 5.29. The molecule has 0 fully saturated rings. The molecule has 7 heteroatoms. The lowest BCUT2D eigenvalue weighted by Gasteiger charge is -2.23. The lowest BCUT2D eigenvalue weighted by atomic mass is 9.83. The molecule has 2 aromatic carbocycles. The van der Waals surface area contributed by atoms with E-state index < -0.39 is 0 Å². The minimum atomic E-state index is -0.243. The number of fused-ring (bicyclic) bond motifs is 2. The SMILES string of the molecule is CCOC(=O)CC(c1cc(CO)c2c(c1)CCC2)c1cc(Cl)c2c(c1C)NNN2C. The van der Waals surface area contributed by atoms with Crippen molar-refractivity contribution in [2.75, 3.05) is 24.1 Å². The number of hydrazine groups is 2. The van der Waals surface area contributed by atoms with E-state index in [1.807, 2.05) is 38.0 Å². The second-order valence-electron chi connectivity index (χ2n) is 7.98. The van der Waals surface area contributed by atoms with E-state index in [-0.39, 0.29) is 24.9 Å². The van der Waals surface area contributed by atoms with Gasteiger partial charge in [0.25, 0.3) is 0 Å². The monoisotopic (exact) mass is 429 g/mol. The minimum Gasteiger partial charge on any atom is -0.466 e. The first-order valence-corrected chi connectivity index (χ1v) is 10.8. The molecule has 0 saturated carbocycles. The zero-order valence-corrected chi connectivity index (χ0v) is 18.4. The molecule has 3 N–H and O–H groups in total. The summed E-state index contributed by atoms with van der Waals surface area (Å²) in [5.41, 5.74) is 14.6. The number of nitrogens with one attached hydrogen (secondary N) is 2. The van der Waals surface area contributed by atoms with E-state index in [4.69, 9.17) is 16.3 Å². The van der Waals surface area contributed by atoms with Gasteiger partial charge in [-0.15, -0.1) is 5.53 Å². The molecule has 1 atom stereocenters. The molecule has 0 radical (unpaired) electrons. The van der Waals surface area contributed by atoms with Crippen LogP contribution in [0.15, 0.2) is 18.2 Å². The number of hydrogen-bond acceptors (Lipinski definition) is 6. The van der Waals surface area contributed by atoms with Crippen LogP contribution >= 0.6 is 11.6 Å². The van der Waals surface area contributed by atoms with E-state index in [0.29, 0.717) is 11.6 Å². The van der Waals surface area contributed by atoms with E-state index in [1.165, 1.54) is 11.1 Å². The van der Waals surface area contributed by atoms with Gasteiger partial charge in [0.15, 0.2) is 0 Å². The standard InChI is InChI=1S/C23H28ClN3O3/c1-4-30-21(29)11-19(15-8-14-6-5-7-17(14)16(9-15)12-28)18-10-20(24)23-22(13(18)2)25-26-27(23)3/h8-10,19,25-26,28H,4-7,11-12H2,1-3H3. The third-order valence-corrected chi connectivity index (χ3v) is 6.48. The van der Waals surface area contributed by atoms with Crippen LogP contribution in [0.2, 0.25) is 5.02 Å². The Kier molecular flexibility index (Phi) is 5.91. The number of nitrogens with zero attached hydrogens (tertiary/aromatic N) is 1. The van der Waals surface area contributed by atoms with Crippen LogP contribution in [-0.2, 0) is 29.0 Å². The Labute approximate surface area is 182 Å². The van der Waals surface area contributed by atoms with Gasteiger partial charge in [-0.25, -0.2) is 0 Å². The molecule has 1 heterocycles. The van der Waals surface area contributed by atoms with Crippen LogP contribution in [0.25, 0.3) is 0 Å². The molecule has 2 aromatic rings. The molecule has 4 rings (SSSR count). The van der Waals surface area contributed by atoms with Gasteiger partial charge in [0, 0.05) is 13.0 Å². The molecule has 30 heavy (non-hydrogen) atoms. The van der Waals surface area contributed by atoms with Crippen LogP contribution in [0, 0.1) is 6.92 Å². The number of carbonyl (C=O) groups excluding carboxylic acids is 1. The molecule has 0 bridgehead atoms. The van der Waals surface area contributed by atoms with Gasteiger partial charge in [0.2, 0.25) is 0 Å². The second kappa shape index (κ2) is 8.46. The first-order chi connectivity index (χ1) is 14.4. The maximum atomic E-state index is 12.5. The number of anilines is 2. The van der Waals surface area contributed by atoms with E-state index in [2.05, 4.69) is 17.0 Å². The van der Waals surface area contributed by atoms with Gasteiger partial charge in [0.1, 0.15) is 0 Å². The maximum absolute atomic E-state index is 12.5. The van der Waals surface area contributed by atoms with Crippen LogP contribution in [0.1, 0.15) is 59.1 Å². The van der Waals surface area contributed by atoms with Crippen molar-refractivity contribution in [3.05, 3.63) is 56.6 Å². The molecular formula is C23H28ClN3O3. The predicted molar refractivity (Wildman–Crippen MR) is 119 cm³/mol. The highest BCUT2D eigenvalue weighted by Crippen LogP contribution is 2.44. The first kappa shape index (κ1) is 21.0. The Morgan fingerprint density at radius 1 is 1.33 bits per heavy atom. The normalized spacial score (nSPS) is 15.6. The summed E-state index contributed by atoms with van der Waals surface area (Å²) in [5.74, 6) is -0.455. The van der Waals surface area contributed by atoms with Crippen molar-refractivity contribution < 1.29 is 14.6 Å². The Hall–Kier alpha value is -2.28. The predicted octanol–water partition coefficient (Wildman–Crippen LogP) is 4.00. The number of aryl methyl sites for hydroxylation is 1. The number of carbonyl (C=O) groups is 1. The van der Waals surface area contributed by atoms with Gasteiger partial charge < -0.3 is 15.3 Å². The fraction of sp³-hybridized carbons (Fsp3) is 0.435. The summed E-state index contributed by atoms with van der Waals surface area (Å²) in [7, 11) is 1.90. The van der Waals surface area contributed by atoms with Gasteiger partial charge in [-0.1, -0.05) is 23.7 Å². The number of benzene rings is 2. The van der Waals surface area contributed by atoms with Crippen molar-refractivity contribution in [2.45, 2.75) is 52.1 Å². The smallest absolute Gasteiger partial charge is 0.306 e. The van der Waals surface area contributed by atoms with Gasteiger partial charge >= 0.3 is 5.97 Å².